The number of benzene rings is 2. The van der Waals surface area contributed by atoms with Crippen LogP contribution in [0.1, 0.15) is 5.56 Å². The molecule has 0 saturated carbocycles. The second kappa shape index (κ2) is 4.61. The number of aromatic hydroxyl groups is 1. The van der Waals surface area contributed by atoms with Crippen LogP contribution in [0, 0.1) is 6.92 Å². The summed E-state index contributed by atoms with van der Waals surface area (Å²) >= 11 is 6.18. The number of aryl methyl sites for hydroxylation is 1. The lowest BCUT2D eigenvalue weighted by Gasteiger charge is -2.08. The first kappa shape index (κ1) is 12.6. The average molecular weight is 287 g/mol. The molecule has 0 fully saturated rings. The summed E-state index contributed by atoms with van der Waals surface area (Å²) in [5.74, 6) is 0.299. The van der Waals surface area contributed by atoms with E-state index in [4.69, 9.17) is 17.3 Å². The fraction of sp³-hybridized carbons (Fsp3) is 0.0714. The second-order valence-corrected chi connectivity index (χ2v) is 4.90. The summed E-state index contributed by atoms with van der Waals surface area (Å²) in [4.78, 5) is 4.17. The van der Waals surface area contributed by atoms with Gasteiger partial charge in [0.15, 0.2) is 0 Å². The number of halogens is 1. The van der Waals surface area contributed by atoms with Crippen LogP contribution in [-0.2, 0) is 0 Å². The Hall–Kier alpha value is -2.40. The first-order valence-electron chi connectivity index (χ1n) is 5.94. The fourth-order valence-electron chi connectivity index (χ4n) is 2.11. The van der Waals surface area contributed by atoms with Crippen LogP contribution in [0.4, 0.5) is 5.95 Å². The molecule has 20 heavy (non-hydrogen) atoms. The highest BCUT2D eigenvalue weighted by molar-refractivity contribution is 6.33. The minimum atomic E-state index is 0.142. The van der Waals surface area contributed by atoms with Gasteiger partial charge < -0.3 is 10.8 Å². The Morgan fingerprint density at radius 1 is 1.15 bits per heavy atom. The van der Waals surface area contributed by atoms with E-state index in [1.54, 1.807) is 18.2 Å². The number of hydrogen-bond acceptors (Lipinski definition) is 5. The molecule has 0 amide bonds. The van der Waals surface area contributed by atoms with Crippen molar-refractivity contribution in [3.05, 3.63) is 40.9 Å². The molecule has 1 aromatic heterocycles. The highest BCUT2D eigenvalue weighted by Crippen LogP contribution is 2.33. The number of aromatic nitrogens is 3. The molecule has 2 aromatic carbocycles. The predicted molar refractivity (Wildman–Crippen MR) is 78.6 cm³/mol. The first-order valence-corrected chi connectivity index (χ1v) is 6.32. The number of rotatable bonds is 1. The van der Waals surface area contributed by atoms with Crippen molar-refractivity contribution in [2.75, 3.05) is 5.73 Å². The number of phenols is 1. The van der Waals surface area contributed by atoms with E-state index in [2.05, 4.69) is 15.2 Å². The SMILES string of the molecule is Cc1cc(-c2cc(O)ccc2Cl)cc2nnc(N)nc12. The molecule has 3 rings (SSSR count). The standard InChI is InChI=1S/C14H11ClN4O/c1-7-4-8(10-6-9(20)2-3-11(10)15)5-12-13(7)17-14(16)19-18-12/h2-6,20H,1H3,(H2,16,17,19). The van der Waals surface area contributed by atoms with E-state index in [-0.39, 0.29) is 11.7 Å². The van der Waals surface area contributed by atoms with E-state index < -0.39 is 0 Å². The average Bonchev–Trinajstić information content (AvgIpc) is 2.42. The zero-order chi connectivity index (χ0) is 14.3. The van der Waals surface area contributed by atoms with E-state index in [9.17, 15) is 5.11 Å². The highest BCUT2D eigenvalue weighted by Gasteiger charge is 2.10. The van der Waals surface area contributed by atoms with Crippen molar-refractivity contribution in [1.29, 1.82) is 0 Å². The maximum absolute atomic E-state index is 9.60. The molecule has 1 heterocycles. The lowest BCUT2D eigenvalue weighted by Crippen LogP contribution is -1.99. The van der Waals surface area contributed by atoms with Crippen LogP contribution in [0.15, 0.2) is 30.3 Å². The number of fused-ring (bicyclic) bond motifs is 1. The molecule has 6 heteroatoms. The van der Waals surface area contributed by atoms with Crippen molar-refractivity contribution in [2.45, 2.75) is 6.92 Å². The summed E-state index contributed by atoms with van der Waals surface area (Å²) in [6.07, 6.45) is 0. The maximum Gasteiger partial charge on any atom is 0.240 e. The predicted octanol–water partition coefficient (Wildman–Crippen LogP) is 2.94. The monoisotopic (exact) mass is 286 g/mol. The minimum absolute atomic E-state index is 0.142. The van der Waals surface area contributed by atoms with Crippen molar-refractivity contribution >= 4 is 28.6 Å². The summed E-state index contributed by atoms with van der Waals surface area (Å²) < 4.78 is 0. The zero-order valence-corrected chi connectivity index (χ0v) is 11.4. The molecule has 0 atom stereocenters. The van der Waals surface area contributed by atoms with Gasteiger partial charge in [-0.2, -0.15) is 0 Å². The summed E-state index contributed by atoms with van der Waals surface area (Å²) in [5.41, 5.74) is 9.38. The smallest absolute Gasteiger partial charge is 0.240 e. The molecule has 0 saturated heterocycles. The Morgan fingerprint density at radius 2 is 1.95 bits per heavy atom. The number of anilines is 1. The molecule has 0 aliphatic carbocycles. The molecule has 3 N–H and O–H groups in total. The van der Waals surface area contributed by atoms with Crippen LogP contribution < -0.4 is 5.73 Å². The number of phenolic OH excluding ortho intramolecular Hbond substituents is 1. The first-order chi connectivity index (χ1) is 9.54. The molecule has 100 valence electrons. The Morgan fingerprint density at radius 3 is 2.75 bits per heavy atom. The Bertz CT molecular complexity index is 820. The van der Waals surface area contributed by atoms with Crippen LogP contribution in [0.2, 0.25) is 5.02 Å². The van der Waals surface area contributed by atoms with Gasteiger partial charge in [0.1, 0.15) is 11.3 Å². The third-order valence-corrected chi connectivity index (χ3v) is 3.36. The number of hydrogen-bond donors (Lipinski definition) is 2. The number of nitrogen functional groups attached to an aromatic ring is 1. The van der Waals surface area contributed by atoms with Gasteiger partial charge in [0.05, 0.1) is 5.52 Å². The van der Waals surface area contributed by atoms with Crippen LogP contribution >= 0.6 is 11.6 Å². The number of nitrogens with two attached hydrogens (primary N) is 1. The van der Waals surface area contributed by atoms with Crippen molar-refractivity contribution in [2.24, 2.45) is 0 Å². The van der Waals surface area contributed by atoms with Crippen molar-refractivity contribution in [1.82, 2.24) is 15.2 Å². The molecule has 0 radical (unpaired) electrons. The quantitative estimate of drug-likeness (QED) is 0.718. The largest absolute Gasteiger partial charge is 0.508 e. The molecule has 0 bridgehead atoms. The van der Waals surface area contributed by atoms with Gasteiger partial charge in [0.25, 0.3) is 0 Å². The van der Waals surface area contributed by atoms with E-state index >= 15 is 0 Å². The lowest BCUT2D eigenvalue weighted by molar-refractivity contribution is 0.475. The number of nitrogens with zero attached hydrogens (tertiary/aromatic N) is 3. The van der Waals surface area contributed by atoms with E-state index in [0.717, 1.165) is 16.7 Å². The maximum atomic E-state index is 9.60. The lowest BCUT2D eigenvalue weighted by atomic mass is 10.0. The Kier molecular flexibility index (Phi) is 2.91. The summed E-state index contributed by atoms with van der Waals surface area (Å²) in [6.45, 7) is 1.91. The Balaban J connectivity index is 2.27. The topological polar surface area (TPSA) is 84.9 Å². The molecule has 0 spiro atoms. The molecule has 3 aromatic rings. The highest BCUT2D eigenvalue weighted by atomic mass is 35.5. The van der Waals surface area contributed by atoms with Gasteiger partial charge in [-0.25, -0.2) is 4.98 Å². The van der Waals surface area contributed by atoms with Crippen LogP contribution in [0.5, 0.6) is 5.75 Å². The summed E-state index contributed by atoms with van der Waals surface area (Å²) in [7, 11) is 0. The van der Waals surface area contributed by atoms with Gasteiger partial charge in [-0.3, -0.25) is 0 Å². The molecule has 0 unspecified atom stereocenters. The van der Waals surface area contributed by atoms with Gasteiger partial charge in [-0.05, 0) is 48.4 Å². The van der Waals surface area contributed by atoms with E-state index in [0.29, 0.717) is 16.1 Å². The second-order valence-electron chi connectivity index (χ2n) is 4.50. The molecule has 5 nitrogen and oxygen atoms in total. The van der Waals surface area contributed by atoms with Crippen molar-refractivity contribution in [3.8, 4) is 16.9 Å². The fourth-order valence-corrected chi connectivity index (χ4v) is 2.34. The third kappa shape index (κ3) is 2.12. The van der Waals surface area contributed by atoms with Gasteiger partial charge in [-0.15, -0.1) is 10.2 Å². The van der Waals surface area contributed by atoms with Gasteiger partial charge in [-0.1, -0.05) is 11.6 Å². The normalized spacial score (nSPS) is 10.9. The van der Waals surface area contributed by atoms with E-state index in [1.165, 1.54) is 0 Å². The van der Waals surface area contributed by atoms with Crippen molar-refractivity contribution in [3.63, 3.8) is 0 Å². The van der Waals surface area contributed by atoms with Crippen LogP contribution in [0.25, 0.3) is 22.2 Å². The molecule has 0 aliphatic heterocycles. The van der Waals surface area contributed by atoms with Crippen molar-refractivity contribution < 1.29 is 5.11 Å². The van der Waals surface area contributed by atoms with Crippen LogP contribution in [0.3, 0.4) is 0 Å². The van der Waals surface area contributed by atoms with Gasteiger partial charge in [0, 0.05) is 10.6 Å². The van der Waals surface area contributed by atoms with Gasteiger partial charge in [0.2, 0.25) is 5.95 Å². The molecule has 0 aliphatic rings. The molecular weight excluding hydrogens is 276 g/mol. The molecular formula is C14H11ClN4O. The minimum Gasteiger partial charge on any atom is -0.508 e. The third-order valence-electron chi connectivity index (χ3n) is 3.03. The zero-order valence-electron chi connectivity index (χ0n) is 10.6. The van der Waals surface area contributed by atoms with Crippen LogP contribution in [-0.4, -0.2) is 20.3 Å². The van der Waals surface area contributed by atoms with E-state index in [1.807, 2.05) is 19.1 Å². The summed E-state index contributed by atoms with van der Waals surface area (Å²) in [6, 6.07) is 8.56. The summed E-state index contributed by atoms with van der Waals surface area (Å²) in [5, 5.41) is 18.0. The van der Waals surface area contributed by atoms with Gasteiger partial charge >= 0.3 is 0 Å². The Labute approximate surface area is 120 Å².